The molecule has 0 aliphatic heterocycles. The van der Waals surface area contributed by atoms with E-state index in [0.717, 1.165) is 15.5 Å². The summed E-state index contributed by atoms with van der Waals surface area (Å²) in [6, 6.07) is 10.9. The number of halogens is 2. The van der Waals surface area contributed by atoms with Gasteiger partial charge in [-0.05, 0) is 25.7 Å². The molecule has 252 valence electrons. The van der Waals surface area contributed by atoms with Gasteiger partial charge in [0, 0.05) is 5.56 Å². The summed E-state index contributed by atoms with van der Waals surface area (Å²) < 4.78 is 2.23. The van der Waals surface area contributed by atoms with Gasteiger partial charge in [-0.2, -0.15) is 0 Å². The van der Waals surface area contributed by atoms with Crippen molar-refractivity contribution in [3.05, 3.63) is 35.9 Å². The topological polar surface area (TPSA) is 0 Å². The van der Waals surface area contributed by atoms with E-state index in [2.05, 4.69) is 79.4 Å². The molecule has 0 saturated heterocycles. The molecule has 0 unspecified atom stereocenters. The van der Waals surface area contributed by atoms with Crippen molar-refractivity contribution in [3.63, 3.8) is 0 Å². The van der Waals surface area contributed by atoms with Crippen LogP contribution in [-0.4, -0.2) is 57.3 Å². The largest absolute Gasteiger partial charge is 1.00 e. The number of benzene rings is 1. The number of hydrogen-bond acceptors (Lipinski definition) is 0. The maximum absolute atomic E-state index is 2.37. The van der Waals surface area contributed by atoms with E-state index in [1.165, 1.54) is 160 Å². The molecule has 0 bridgehead atoms. The second kappa shape index (κ2) is 32.3. The first kappa shape index (κ1) is 46.3. The van der Waals surface area contributed by atoms with Gasteiger partial charge in [-0.3, -0.25) is 0 Å². The van der Waals surface area contributed by atoms with Gasteiger partial charge in [-0.15, -0.1) is 0 Å². The monoisotopic (exact) mass is 674 g/mol. The molecule has 0 aliphatic rings. The van der Waals surface area contributed by atoms with Crippen LogP contribution in [0.25, 0.3) is 0 Å². The second-order valence-corrected chi connectivity index (χ2v) is 14.4. The van der Waals surface area contributed by atoms with Crippen molar-refractivity contribution in [2.75, 3.05) is 48.3 Å². The standard InChI is InChI=1S/C27H50N.C11H26N.BrH.ClH/c1-4-5-6-7-8-9-10-11-12-13-14-15-16-17-18-22-25-28(2,3)26-27-23-20-19-21-24-27;1-5-6-7-8-9-10-11-12(2,3)4;;/h19-21,23-24H,4-18,22,25-26H2,1-3H3;5-11H2,1-4H3;2*1H/q2*+1;;/p-2. The third-order valence-electron chi connectivity index (χ3n) is 8.25. The van der Waals surface area contributed by atoms with Crippen molar-refractivity contribution in [1.29, 1.82) is 0 Å². The van der Waals surface area contributed by atoms with Crippen molar-refractivity contribution in [3.8, 4) is 0 Å². The first-order chi connectivity index (χ1) is 19.2. The van der Waals surface area contributed by atoms with Gasteiger partial charge in [0.05, 0.1) is 48.3 Å². The van der Waals surface area contributed by atoms with Crippen LogP contribution in [0.4, 0.5) is 0 Å². The summed E-state index contributed by atoms with van der Waals surface area (Å²) in [7, 11) is 11.6. The molecule has 42 heavy (non-hydrogen) atoms. The van der Waals surface area contributed by atoms with Crippen LogP contribution < -0.4 is 29.4 Å². The molecular weight excluding hydrogens is 600 g/mol. The van der Waals surface area contributed by atoms with E-state index < -0.39 is 0 Å². The zero-order valence-electron chi connectivity index (χ0n) is 29.7. The first-order valence-corrected chi connectivity index (χ1v) is 17.9. The van der Waals surface area contributed by atoms with E-state index in [1.54, 1.807) is 0 Å². The molecule has 0 amide bonds. The summed E-state index contributed by atoms with van der Waals surface area (Å²) >= 11 is 0. The van der Waals surface area contributed by atoms with Crippen LogP contribution in [0, 0.1) is 0 Å². The Hall–Kier alpha value is -0.0900. The summed E-state index contributed by atoms with van der Waals surface area (Å²) in [5, 5.41) is 0. The van der Waals surface area contributed by atoms with Gasteiger partial charge in [-0.1, -0.05) is 160 Å². The highest BCUT2D eigenvalue weighted by molar-refractivity contribution is 5.13. The lowest BCUT2D eigenvalue weighted by Gasteiger charge is -2.30. The Morgan fingerprint density at radius 3 is 1.07 bits per heavy atom. The maximum Gasteiger partial charge on any atom is 0.104 e. The molecule has 0 aromatic heterocycles. The SMILES string of the molecule is CCCCCCCCCCCCCCCCCC[N+](C)(C)Cc1ccccc1.CCCCCCCC[N+](C)(C)C.[Br-].[Cl-]. The highest BCUT2D eigenvalue weighted by atomic mass is 79.9. The highest BCUT2D eigenvalue weighted by Crippen LogP contribution is 2.15. The smallest absolute Gasteiger partial charge is 0.104 e. The number of hydrogen-bond donors (Lipinski definition) is 0. The van der Waals surface area contributed by atoms with Gasteiger partial charge in [0.2, 0.25) is 0 Å². The molecule has 1 aromatic carbocycles. The lowest BCUT2D eigenvalue weighted by molar-refractivity contribution is -0.903. The van der Waals surface area contributed by atoms with Gasteiger partial charge in [0.1, 0.15) is 6.54 Å². The van der Waals surface area contributed by atoms with E-state index in [4.69, 9.17) is 0 Å². The van der Waals surface area contributed by atoms with Gasteiger partial charge in [0.15, 0.2) is 0 Å². The van der Waals surface area contributed by atoms with Gasteiger partial charge in [-0.25, -0.2) is 0 Å². The number of unbranched alkanes of at least 4 members (excludes halogenated alkanes) is 20. The molecule has 0 saturated carbocycles. The minimum Gasteiger partial charge on any atom is -1.00 e. The zero-order chi connectivity index (χ0) is 29.8. The molecule has 1 aromatic rings. The fraction of sp³-hybridized carbons (Fsp3) is 0.842. The minimum atomic E-state index is 0. The molecule has 0 radical (unpaired) electrons. The van der Waals surface area contributed by atoms with Crippen LogP contribution in [0.5, 0.6) is 0 Å². The highest BCUT2D eigenvalue weighted by Gasteiger charge is 2.14. The van der Waals surface area contributed by atoms with Gasteiger partial charge < -0.3 is 38.4 Å². The fourth-order valence-electron chi connectivity index (χ4n) is 5.61. The normalized spacial score (nSPS) is 11.3. The van der Waals surface area contributed by atoms with E-state index in [9.17, 15) is 0 Å². The van der Waals surface area contributed by atoms with Crippen molar-refractivity contribution in [1.82, 2.24) is 0 Å². The summed E-state index contributed by atoms with van der Waals surface area (Å²) in [5.41, 5.74) is 1.46. The third-order valence-corrected chi connectivity index (χ3v) is 8.25. The predicted molar refractivity (Wildman–Crippen MR) is 183 cm³/mol. The molecule has 0 atom stereocenters. The Balaban J connectivity index is -0.000000923. The number of rotatable bonds is 26. The van der Waals surface area contributed by atoms with Crippen molar-refractivity contribution in [2.45, 2.75) is 162 Å². The third kappa shape index (κ3) is 36.1. The van der Waals surface area contributed by atoms with E-state index in [-0.39, 0.29) is 29.4 Å². The molecule has 2 nitrogen and oxygen atoms in total. The van der Waals surface area contributed by atoms with Crippen LogP contribution in [0.2, 0.25) is 0 Å². The lowest BCUT2D eigenvalue weighted by atomic mass is 10.0. The molecule has 0 N–H and O–H groups in total. The summed E-state index contributed by atoms with van der Waals surface area (Å²) in [6.07, 6.45) is 31.6. The van der Waals surface area contributed by atoms with Crippen LogP contribution in [0.15, 0.2) is 30.3 Å². The molecule has 4 heteroatoms. The molecule has 0 aliphatic carbocycles. The molecule has 0 fully saturated rings. The second-order valence-electron chi connectivity index (χ2n) is 14.4. The zero-order valence-corrected chi connectivity index (χ0v) is 32.1. The summed E-state index contributed by atoms with van der Waals surface area (Å²) in [5.74, 6) is 0. The Bertz CT molecular complexity index is 630. The van der Waals surface area contributed by atoms with Crippen molar-refractivity contribution < 1.29 is 38.4 Å². The Kier molecular flexibility index (Phi) is 35.6. The summed E-state index contributed by atoms with van der Waals surface area (Å²) in [4.78, 5) is 0. The first-order valence-electron chi connectivity index (χ1n) is 17.9. The van der Waals surface area contributed by atoms with Gasteiger partial charge >= 0.3 is 0 Å². The fourth-order valence-corrected chi connectivity index (χ4v) is 5.61. The average molecular weight is 676 g/mol. The Morgan fingerprint density at radius 1 is 0.429 bits per heavy atom. The predicted octanol–water partition coefficient (Wildman–Crippen LogP) is 5.59. The summed E-state index contributed by atoms with van der Waals surface area (Å²) in [6.45, 7) is 8.35. The van der Waals surface area contributed by atoms with E-state index in [0.29, 0.717) is 0 Å². The van der Waals surface area contributed by atoms with Crippen molar-refractivity contribution >= 4 is 0 Å². The molecule has 1 rings (SSSR count). The Morgan fingerprint density at radius 2 is 0.738 bits per heavy atom. The average Bonchev–Trinajstić information content (AvgIpc) is 2.90. The van der Waals surface area contributed by atoms with Crippen LogP contribution in [-0.2, 0) is 6.54 Å². The number of quaternary nitrogens is 2. The van der Waals surface area contributed by atoms with Crippen LogP contribution in [0.1, 0.15) is 161 Å². The van der Waals surface area contributed by atoms with Crippen LogP contribution >= 0.6 is 0 Å². The minimum absolute atomic E-state index is 0. The quantitative estimate of drug-likeness (QED) is 0.0889. The van der Waals surface area contributed by atoms with Crippen LogP contribution in [0.3, 0.4) is 0 Å². The molecule has 0 spiro atoms. The van der Waals surface area contributed by atoms with E-state index >= 15 is 0 Å². The van der Waals surface area contributed by atoms with E-state index in [1.807, 2.05) is 0 Å². The molecular formula is C38H76BrClN2. The molecule has 0 heterocycles. The number of nitrogens with zero attached hydrogens (tertiary/aromatic N) is 2. The van der Waals surface area contributed by atoms with Gasteiger partial charge in [0.25, 0.3) is 0 Å². The van der Waals surface area contributed by atoms with Crippen molar-refractivity contribution in [2.24, 2.45) is 0 Å². The Labute approximate surface area is 283 Å². The maximum atomic E-state index is 2.37. The lowest BCUT2D eigenvalue weighted by Crippen LogP contribution is -3.00.